The zero-order valence-corrected chi connectivity index (χ0v) is 19.0. The third-order valence-corrected chi connectivity index (χ3v) is 6.65. The van der Waals surface area contributed by atoms with E-state index in [1.54, 1.807) is 25.3 Å². The van der Waals surface area contributed by atoms with Crippen LogP contribution in [-0.4, -0.2) is 43.9 Å². The van der Waals surface area contributed by atoms with Crippen molar-refractivity contribution in [3.05, 3.63) is 42.1 Å². The Bertz CT molecular complexity index is 997. The third kappa shape index (κ3) is 5.98. The second-order valence-electron chi connectivity index (χ2n) is 9.13. The molecule has 176 valence electrons. The predicted octanol–water partition coefficient (Wildman–Crippen LogP) is 4.70. The van der Waals surface area contributed by atoms with Gasteiger partial charge in [-0.25, -0.2) is 13.8 Å². The molecule has 1 aromatic heterocycles. The molecule has 0 radical (unpaired) electrons. The Balaban J connectivity index is 1.41. The molecule has 2 saturated carbocycles. The minimum atomic E-state index is -0.571. The zero-order valence-electron chi connectivity index (χ0n) is 19.0. The molecular weight excluding hydrogens is 424 g/mol. The van der Waals surface area contributed by atoms with Gasteiger partial charge in [-0.1, -0.05) is 0 Å². The molecular formula is C25H31F2N5O. The van der Waals surface area contributed by atoms with Crippen LogP contribution in [0.1, 0.15) is 38.5 Å². The number of nitrogens with one attached hydrogen (secondary N) is 3. The van der Waals surface area contributed by atoms with E-state index in [-0.39, 0.29) is 22.6 Å². The number of rotatable bonds is 10. The predicted molar refractivity (Wildman–Crippen MR) is 125 cm³/mol. The van der Waals surface area contributed by atoms with Gasteiger partial charge in [0.25, 0.3) is 0 Å². The van der Waals surface area contributed by atoms with Crippen molar-refractivity contribution in [3.63, 3.8) is 0 Å². The summed E-state index contributed by atoms with van der Waals surface area (Å²) >= 11 is 0. The van der Waals surface area contributed by atoms with Gasteiger partial charge in [-0.2, -0.15) is 5.26 Å². The van der Waals surface area contributed by atoms with Crippen LogP contribution in [0.25, 0.3) is 11.1 Å². The summed E-state index contributed by atoms with van der Waals surface area (Å²) in [5, 5.41) is 19.4. The van der Waals surface area contributed by atoms with Gasteiger partial charge in [0.2, 0.25) is 0 Å². The molecule has 1 aromatic carbocycles. The molecule has 0 spiro atoms. The van der Waals surface area contributed by atoms with Crippen molar-refractivity contribution in [2.45, 2.75) is 50.6 Å². The van der Waals surface area contributed by atoms with Gasteiger partial charge in [0, 0.05) is 49.1 Å². The first kappa shape index (κ1) is 23.4. The first-order chi connectivity index (χ1) is 16.0. The summed E-state index contributed by atoms with van der Waals surface area (Å²) in [6.45, 7) is 2.05. The quantitative estimate of drug-likeness (QED) is 0.451. The van der Waals surface area contributed by atoms with Gasteiger partial charge < -0.3 is 20.7 Å². The Morgan fingerprint density at radius 2 is 1.82 bits per heavy atom. The first-order valence-corrected chi connectivity index (χ1v) is 11.6. The number of benzene rings is 1. The maximum Gasteiger partial charge on any atom is 0.149 e. The van der Waals surface area contributed by atoms with Crippen LogP contribution in [0.4, 0.5) is 20.3 Å². The second kappa shape index (κ2) is 10.4. The Kier molecular flexibility index (Phi) is 7.41. The third-order valence-electron chi connectivity index (χ3n) is 6.65. The summed E-state index contributed by atoms with van der Waals surface area (Å²) in [5.74, 6) is -0.527. The van der Waals surface area contributed by atoms with E-state index >= 15 is 0 Å². The van der Waals surface area contributed by atoms with Gasteiger partial charge in [-0.05, 0) is 62.8 Å². The molecule has 1 heterocycles. The van der Waals surface area contributed by atoms with E-state index in [4.69, 9.17) is 4.74 Å². The number of ether oxygens (including phenoxy) is 1. The lowest BCUT2D eigenvalue weighted by atomic mass is 9.91. The van der Waals surface area contributed by atoms with Crippen molar-refractivity contribution in [2.75, 3.05) is 37.4 Å². The first-order valence-electron chi connectivity index (χ1n) is 11.6. The maximum absolute atomic E-state index is 14.6. The summed E-state index contributed by atoms with van der Waals surface area (Å²) in [6.07, 6.45) is 6.92. The number of nitrogens with zero attached hydrogens (tertiary/aromatic N) is 2. The van der Waals surface area contributed by atoms with E-state index in [2.05, 4.69) is 27.0 Å². The topological polar surface area (TPSA) is 82.0 Å². The summed E-state index contributed by atoms with van der Waals surface area (Å²) in [6, 6.07) is 9.18. The number of nitriles is 1. The fraction of sp³-hybridized carbons (Fsp3) is 0.520. The summed E-state index contributed by atoms with van der Waals surface area (Å²) in [5.41, 5.74) is 0.685. The molecule has 2 aliphatic carbocycles. The average Bonchev–Trinajstić information content (AvgIpc) is 3.62. The number of hydrogen-bond donors (Lipinski definition) is 3. The van der Waals surface area contributed by atoms with E-state index in [1.807, 2.05) is 0 Å². The summed E-state index contributed by atoms with van der Waals surface area (Å²) < 4.78 is 34.4. The number of pyridine rings is 1. The highest BCUT2D eigenvalue weighted by Gasteiger charge is 2.42. The van der Waals surface area contributed by atoms with Crippen molar-refractivity contribution in [1.29, 1.82) is 5.26 Å². The molecule has 3 N–H and O–H groups in total. The molecule has 6 nitrogen and oxygen atoms in total. The summed E-state index contributed by atoms with van der Waals surface area (Å²) in [7, 11) is 1.70. The van der Waals surface area contributed by atoms with Crippen LogP contribution in [0.3, 0.4) is 0 Å². The van der Waals surface area contributed by atoms with Gasteiger partial charge in [-0.3, -0.25) is 0 Å². The fourth-order valence-corrected chi connectivity index (χ4v) is 4.33. The van der Waals surface area contributed by atoms with Gasteiger partial charge in [-0.15, -0.1) is 0 Å². The van der Waals surface area contributed by atoms with E-state index in [0.29, 0.717) is 30.7 Å². The van der Waals surface area contributed by atoms with Gasteiger partial charge in [0.1, 0.15) is 17.5 Å². The lowest BCUT2D eigenvalue weighted by Crippen LogP contribution is -2.38. The van der Waals surface area contributed by atoms with Crippen molar-refractivity contribution >= 4 is 11.5 Å². The molecule has 8 heteroatoms. The zero-order chi connectivity index (χ0) is 23.3. The highest BCUT2D eigenvalue weighted by atomic mass is 19.1. The highest BCUT2D eigenvalue weighted by molar-refractivity contribution is 5.71. The van der Waals surface area contributed by atoms with Crippen molar-refractivity contribution < 1.29 is 13.5 Å². The van der Waals surface area contributed by atoms with Crippen molar-refractivity contribution in [2.24, 2.45) is 5.41 Å². The molecule has 0 aliphatic heterocycles. The second-order valence-corrected chi connectivity index (χ2v) is 9.13. The molecule has 2 aromatic rings. The van der Waals surface area contributed by atoms with Crippen LogP contribution in [-0.2, 0) is 4.74 Å². The average molecular weight is 456 g/mol. The highest BCUT2D eigenvalue weighted by Crippen LogP contribution is 2.45. The molecule has 0 unspecified atom stereocenters. The molecule has 2 fully saturated rings. The Morgan fingerprint density at radius 3 is 2.52 bits per heavy atom. The van der Waals surface area contributed by atoms with Gasteiger partial charge >= 0.3 is 0 Å². The molecule has 2 aliphatic rings. The minimum Gasteiger partial charge on any atom is -0.383 e. The van der Waals surface area contributed by atoms with E-state index < -0.39 is 11.6 Å². The number of anilines is 2. The molecule has 0 amide bonds. The maximum atomic E-state index is 14.6. The lowest BCUT2D eigenvalue weighted by molar-refractivity contribution is 0.191. The molecule has 33 heavy (non-hydrogen) atoms. The van der Waals surface area contributed by atoms with Crippen LogP contribution in [0.15, 0.2) is 30.5 Å². The number of halogens is 2. The largest absolute Gasteiger partial charge is 0.383 e. The van der Waals surface area contributed by atoms with Crippen LogP contribution in [0.2, 0.25) is 0 Å². The van der Waals surface area contributed by atoms with E-state index in [9.17, 15) is 14.0 Å². The molecule has 0 saturated heterocycles. The van der Waals surface area contributed by atoms with Crippen molar-refractivity contribution in [3.8, 4) is 17.2 Å². The van der Waals surface area contributed by atoms with Gasteiger partial charge in [0.05, 0.1) is 24.3 Å². The number of aromatic nitrogens is 1. The molecule has 4 rings (SSSR count). The number of hydrogen-bond acceptors (Lipinski definition) is 6. The Hall–Kier alpha value is -2.76. The van der Waals surface area contributed by atoms with Crippen LogP contribution < -0.4 is 16.0 Å². The normalized spacial score (nSPS) is 21.3. The number of methoxy groups -OCH3 is 1. The Morgan fingerprint density at radius 1 is 1.09 bits per heavy atom. The van der Waals surface area contributed by atoms with E-state index in [1.165, 1.54) is 6.07 Å². The molecule has 0 atom stereocenters. The van der Waals surface area contributed by atoms with Crippen LogP contribution in [0, 0.1) is 28.4 Å². The monoisotopic (exact) mass is 455 g/mol. The molecule has 0 bridgehead atoms. The standard InChI is InChI=1S/C25H31F2N5O/c1-33-11-10-29-17-2-4-18(5-3-17)32-24-13-21(23(27)14-30-24)20-12-19(6-7-22(20)26)31-16-25(15-28)8-9-25/h6-7,12-14,17-18,29,31H,2-5,8-11,16H2,1H3,(H,30,32). The van der Waals surface area contributed by atoms with Crippen molar-refractivity contribution in [1.82, 2.24) is 10.3 Å². The SMILES string of the molecule is COCCNC1CCC(Nc2cc(-c3cc(NCC4(C#N)CC4)ccc3F)c(F)cn2)CC1. The van der Waals surface area contributed by atoms with Crippen LogP contribution >= 0.6 is 0 Å². The van der Waals surface area contributed by atoms with Gasteiger partial charge in [0.15, 0.2) is 0 Å². The lowest BCUT2D eigenvalue weighted by Gasteiger charge is -2.30. The van der Waals surface area contributed by atoms with E-state index in [0.717, 1.165) is 51.3 Å². The fourth-order valence-electron chi connectivity index (χ4n) is 4.33. The summed E-state index contributed by atoms with van der Waals surface area (Å²) in [4.78, 5) is 4.19. The smallest absolute Gasteiger partial charge is 0.149 e. The Labute approximate surface area is 193 Å². The minimum absolute atomic E-state index is 0.171. The van der Waals surface area contributed by atoms with Crippen LogP contribution in [0.5, 0.6) is 0 Å².